The van der Waals surface area contributed by atoms with E-state index in [0.717, 1.165) is 0 Å². The largest absolute Gasteiger partial charge is 0.465 e. The third kappa shape index (κ3) is 3.49. The standard InChI is InChI=1S/C18H14ClNO5/c1-24-17(22)13-4-2-3-5-14(13)20-16(21)15-9-10-8-11(19)6-7-12(10)18(23)25-15/h2-8,15H,9H2,1H3,(H,20,21)/t15-/m0/s1. The Bertz CT molecular complexity index is 864. The molecule has 1 atom stereocenters. The quantitative estimate of drug-likeness (QED) is 0.852. The molecule has 1 heterocycles. The molecule has 0 radical (unpaired) electrons. The lowest BCUT2D eigenvalue weighted by molar-refractivity contribution is -0.125. The first-order valence-corrected chi connectivity index (χ1v) is 7.85. The molecule has 1 aliphatic heterocycles. The molecular formula is C18H14ClNO5. The first-order valence-electron chi connectivity index (χ1n) is 7.47. The van der Waals surface area contributed by atoms with Crippen LogP contribution in [0.15, 0.2) is 42.5 Å². The highest BCUT2D eigenvalue weighted by molar-refractivity contribution is 6.30. The van der Waals surface area contributed by atoms with Crippen LogP contribution in [0.3, 0.4) is 0 Å². The third-order valence-corrected chi connectivity index (χ3v) is 4.06. The van der Waals surface area contributed by atoms with Gasteiger partial charge in [-0.3, -0.25) is 4.79 Å². The number of hydrogen-bond donors (Lipinski definition) is 1. The number of benzene rings is 2. The van der Waals surface area contributed by atoms with E-state index in [4.69, 9.17) is 21.1 Å². The van der Waals surface area contributed by atoms with Gasteiger partial charge in [0.1, 0.15) is 0 Å². The second kappa shape index (κ2) is 6.94. The summed E-state index contributed by atoms with van der Waals surface area (Å²) in [5.41, 5.74) is 1.53. The maximum atomic E-state index is 12.5. The Kier molecular flexibility index (Phi) is 4.72. The van der Waals surface area contributed by atoms with Crippen molar-refractivity contribution in [2.75, 3.05) is 12.4 Å². The number of esters is 2. The molecule has 0 spiro atoms. The Morgan fingerprint density at radius 2 is 2.00 bits per heavy atom. The SMILES string of the molecule is COC(=O)c1ccccc1NC(=O)[C@@H]1Cc2cc(Cl)ccc2C(=O)O1. The third-order valence-electron chi connectivity index (χ3n) is 3.82. The summed E-state index contributed by atoms with van der Waals surface area (Å²) >= 11 is 5.95. The average Bonchev–Trinajstić information content (AvgIpc) is 2.61. The van der Waals surface area contributed by atoms with Gasteiger partial charge in [0.2, 0.25) is 0 Å². The fraction of sp³-hybridized carbons (Fsp3) is 0.167. The highest BCUT2D eigenvalue weighted by atomic mass is 35.5. The van der Waals surface area contributed by atoms with Crippen LogP contribution in [0.25, 0.3) is 0 Å². The summed E-state index contributed by atoms with van der Waals surface area (Å²) in [6, 6.07) is 11.2. The van der Waals surface area contributed by atoms with Crippen LogP contribution in [-0.2, 0) is 20.7 Å². The zero-order chi connectivity index (χ0) is 18.0. The van der Waals surface area contributed by atoms with Crippen LogP contribution in [0.5, 0.6) is 0 Å². The molecule has 0 saturated carbocycles. The van der Waals surface area contributed by atoms with Crippen molar-refractivity contribution < 1.29 is 23.9 Å². The van der Waals surface area contributed by atoms with Crippen LogP contribution < -0.4 is 5.32 Å². The summed E-state index contributed by atoms with van der Waals surface area (Å²) in [5, 5.41) is 3.09. The van der Waals surface area contributed by atoms with Gasteiger partial charge < -0.3 is 14.8 Å². The van der Waals surface area contributed by atoms with Crippen molar-refractivity contribution in [1.82, 2.24) is 0 Å². The maximum absolute atomic E-state index is 12.5. The highest BCUT2D eigenvalue weighted by Gasteiger charge is 2.32. The topological polar surface area (TPSA) is 81.7 Å². The molecule has 1 amide bonds. The van der Waals surface area contributed by atoms with Crippen LogP contribution in [0, 0.1) is 0 Å². The summed E-state index contributed by atoms with van der Waals surface area (Å²) < 4.78 is 9.89. The van der Waals surface area contributed by atoms with Gasteiger partial charge in [-0.1, -0.05) is 23.7 Å². The first-order chi connectivity index (χ1) is 12.0. The Labute approximate surface area is 148 Å². The molecule has 0 unspecified atom stereocenters. The molecule has 0 saturated heterocycles. The summed E-state index contributed by atoms with van der Waals surface area (Å²) in [6.07, 6.45) is -0.808. The second-order valence-electron chi connectivity index (χ2n) is 5.43. The predicted molar refractivity (Wildman–Crippen MR) is 90.8 cm³/mol. The first kappa shape index (κ1) is 17.0. The van der Waals surface area contributed by atoms with Gasteiger partial charge in [0.05, 0.1) is 23.9 Å². The summed E-state index contributed by atoms with van der Waals surface area (Å²) in [4.78, 5) is 36.3. The van der Waals surface area contributed by atoms with E-state index in [0.29, 0.717) is 16.1 Å². The minimum Gasteiger partial charge on any atom is -0.465 e. The van der Waals surface area contributed by atoms with E-state index >= 15 is 0 Å². The van der Waals surface area contributed by atoms with Crippen LogP contribution in [-0.4, -0.2) is 31.1 Å². The van der Waals surface area contributed by atoms with Crippen LogP contribution in [0.2, 0.25) is 5.02 Å². The Hall–Kier alpha value is -2.86. The summed E-state index contributed by atoms with van der Waals surface area (Å²) in [5.74, 6) is -1.69. The molecule has 128 valence electrons. The minimum absolute atomic E-state index is 0.202. The van der Waals surface area contributed by atoms with E-state index in [-0.39, 0.29) is 17.7 Å². The van der Waals surface area contributed by atoms with Gasteiger partial charge in [0.15, 0.2) is 6.10 Å². The number of rotatable bonds is 3. The van der Waals surface area contributed by atoms with E-state index in [1.165, 1.54) is 13.2 Å². The number of amides is 1. The lowest BCUT2D eigenvalue weighted by Crippen LogP contribution is -2.38. The number of carbonyl (C=O) groups is 3. The summed E-state index contributed by atoms with van der Waals surface area (Å²) in [6.45, 7) is 0. The van der Waals surface area contributed by atoms with Gasteiger partial charge in [-0.2, -0.15) is 0 Å². The van der Waals surface area contributed by atoms with Crippen molar-refractivity contribution in [3.8, 4) is 0 Å². The summed E-state index contributed by atoms with van der Waals surface area (Å²) in [7, 11) is 1.25. The van der Waals surface area contributed by atoms with E-state index in [1.807, 2.05) is 0 Å². The van der Waals surface area contributed by atoms with Crippen molar-refractivity contribution in [3.05, 3.63) is 64.2 Å². The molecule has 25 heavy (non-hydrogen) atoms. The second-order valence-corrected chi connectivity index (χ2v) is 5.86. The Morgan fingerprint density at radius 1 is 1.24 bits per heavy atom. The zero-order valence-electron chi connectivity index (χ0n) is 13.2. The monoisotopic (exact) mass is 359 g/mol. The Morgan fingerprint density at radius 3 is 2.76 bits per heavy atom. The number of methoxy groups -OCH3 is 1. The lowest BCUT2D eigenvalue weighted by Gasteiger charge is -2.24. The van der Waals surface area contributed by atoms with E-state index in [1.54, 1.807) is 36.4 Å². The molecule has 3 rings (SSSR count). The number of ether oxygens (including phenoxy) is 2. The maximum Gasteiger partial charge on any atom is 0.339 e. The molecule has 0 aromatic heterocycles. The van der Waals surface area contributed by atoms with Crippen molar-refractivity contribution in [3.63, 3.8) is 0 Å². The molecule has 0 bridgehead atoms. The number of cyclic esters (lactones) is 1. The number of para-hydroxylation sites is 1. The molecule has 1 N–H and O–H groups in total. The molecular weight excluding hydrogens is 346 g/mol. The van der Waals surface area contributed by atoms with Crippen molar-refractivity contribution in [1.29, 1.82) is 0 Å². The normalized spacial score (nSPS) is 15.8. The predicted octanol–water partition coefficient (Wildman–Crippen LogP) is 2.85. The van der Waals surface area contributed by atoms with Crippen LogP contribution in [0.4, 0.5) is 5.69 Å². The molecule has 1 aliphatic rings. The van der Waals surface area contributed by atoms with Crippen molar-refractivity contribution in [2.24, 2.45) is 0 Å². The van der Waals surface area contributed by atoms with E-state index in [9.17, 15) is 14.4 Å². The van der Waals surface area contributed by atoms with Gasteiger partial charge in [-0.15, -0.1) is 0 Å². The van der Waals surface area contributed by atoms with E-state index in [2.05, 4.69) is 5.32 Å². The van der Waals surface area contributed by atoms with Gasteiger partial charge in [0.25, 0.3) is 5.91 Å². The molecule has 0 aliphatic carbocycles. The average molecular weight is 360 g/mol. The van der Waals surface area contributed by atoms with Gasteiger partial charge in [0, 0.05) is 11.4 Å². The fourth-order valence-electron chi connectivity index (χ4n) is 2.60. The van der Waals surface area contributed by atoms with Gasteiger partial charge in [-0.05, 0) is 35.9 Å². The van der Waals surface area contributed by atoms with Gasteiger partial charge >= 0.3 is 11.9 Å². The minimum atomic E-state index is -1.01. The number of carbonyl (C=O) groups excluding carboxylic acids is 3. The van der Waals surface area contributed by atoms with Crippen molar-refractivity contribution >= 4 is 35.1 Å². The molecule has 0 fully saturated rings. The van der Waals surface area contributed by atoms with Crippen molar-refractivity contribution in [2.45, 2.75) is 12.5 Å². The Balaban J connectivity index is 1.81. The lowest BCUT2D eigenvalue weighted by atomic mass is 9.98. The van der Waals surface area contributed by atoms with E-state index < -0.39 is 23.9 Å². The number of hydrogen-bond acceptors (Lipinski definition) is 5. The molecule has 7 heteroatoms. The fourth-order valence-corrected chi connectivity index (χ4v) is 2.80. The molecule has 2 aromatic carbocycles. The highest BCUT2D eigenvalue weighted by Crippen LogP contribution is 2.25. The molecule has 6 nitrogen and oxygen atoms in total. The number of nitrogens with one attached hydrogen (secondary N) is 1. The number of fused-ring (bicyclic) bond motifs is 1. The van der Waals surface area contributed by atoms with Crippen LogP contribution >= 0.6 is 11.6 Å². The smallest absolute Gasteiger partial charge is 0.339 e. The van der Waals surface area contributed by atoms with Gasteiger partial charge in [-0.25, -0.2) is 9.59 Å². The molecule has 2 aromatic rings. The van der Waals surface area contributed by atoms with Crippen LogP contribution in [0.1, 0.15) is 26.3 Å². The number of anilines is 1. The number of halogens is 1. The zero-order valence-corrected chi connectivity index (χ0v) is 14.0.